The number of aromatic nitrogens is 3. The lowest BCUT2D eigenvalue weighted by molar-refractivity contribution is 0.160. The lowest BCUT2D eigenvalue weighted by Gasteiger charge is -2.49. The van der Waals surface area contributed by atoms with E-state index in [0.717, 1.165) is 43.4 Å². The summed E-state index contributed by atoms with van der Waals surface area (Å²) in [6.45, 7) is 20.2. The van der Waals surface area contributed by atoms with E-state index in [0.29, 0.717) is 12.1 Å². The molecule has 1 aromatic heterocycles. The Morgan fingerprint density at radius 2 is 1.10 bits per heavy atom. The molecular formula is C23H44N7P. The molecule has 2 fully saturated rings. The summed E-state index contributed by atoms with van der Waals surface area (Å²) in [6.07, 6.45) is 4.17. The summed E-state index contributed by atoms with van der Waals surface area (Å²) in [5.74, 6) is 2.27. The highest BCUT2D eigenvalue weighted by Crippen LogP contribution is 2.36. The van der Waals surface area contributed by atoms with Crippen molar-refractivity contribution in [3.8, 4) is 0 Å². The van der Waals surface area contributed by atoms with Gasteiger partial charge < -0.3 is 20.2 Å². The van der Waals surface area contributed by atoms with Crippen LogP contribution < -0.4 is 20.2 Å². The molecule has 2 aliphatic heterocycles. The average molecular weight is 450 g/mol. The standard InChI is InChI=1S/C23H44N7P/c1-15-24-18(29(10)16-11-20(2,3)27-21(4,5)12-16)26-19(25-15)30(31)17-13-22(6,7)28-23(8,9)14-17/h16-17,27-28H,11-14,31H2,1-10H3. The lowest BCUT2D eigenvalue weighted by atomic mass is 9.79. The van der Waals surface area contributed by atoms with Gasteiger partial charge in [-0.1, -0.05) is 0 Å². The average Bonchev–Trinajstić information content (AvgIpc) is 2.54. The van der Waals surface area contributed by atoms with Crippen LogP contribution in [-0.2, 0) is 0 Å². The van der Waals surface area contributed by atoms with Crippen LogP contribution in [0, 0.1) is 6.92 Å². The molecule has 1 atom stereocenters. The van der Waals surface area contributed by atoms with Crippen LogP contribution in [-0.4, -0.2) is 56.2 Å². The van der Waals surface area contributed by atoms with Crippen LogP contribution in [0.15, 0.2) is 0 Å². The van der Waals surface area contributed by atoms with E-state index in [1.165, 1.54) is 0 Å². The predicted molar refractivity (Wildman–Crippen MR) is 134 cm³/mol. The first kappa shape index (κ1) is 24.6. The van der Waals surface area contributed by atoms with E-state index in [9.17, 15) is 0 Å². The smallest absolute Gasteiger partial charge is 0.233 e. The zero-order valence-corrected chi connectivity index (χ0v) is 22.5. The summed E-state index contributed by atoms with van der Waals surface area (Å²) in [7, 11) is 5.02. The van der Waals surface area contributed by atoms with Crippen molar-refractivity contribution in [1.29, 1.82) is 0 Å². The third kappa shape index (κ3) is 6.06. The molecule has 0 aromatic carbocycles. The minimum absolute atomic E-state index is 0.0647. The Kier molecular flexibility index (Phi) is 6.41. The zero-order valence-electron chi connectivity index (χ0n) is 21.3. The molecule has 3 heterocycles. The molecule has 0 bridgehead atoms. The van der Waals surface area contributed by atoms with Gasteiger partial charge in [0.1, 0.15) is 5.82 Å². The molecular weight excluding hydrogens is 405 g/mol. The Morgan fingerprint density at radius 3 is 1.55 bits per heavy atom. The molecule has 0 aliphatic carbocycles. The summed E-state index contributed by atoms with van der Waals surface area (Å²) >= 11 is 0. The largest absolute Gasteiger partial charge is 0.341 e. The van der Waals surface area contributed by atoms with Gasteiger partial charge in [-0.25, -0.2) is 0 Å². The molecule has 1 unspecified atom stereocenters. The molecule has 2 N–H and O–H groups in total. The maximum Gasteiger partial charge on any atom is 0.233 e. The first-order chi connectivity index (χ1) is 14.0. The fourth-order valence-electron chi connectivity index (χ4n) is 6.06. The third-order valence-corrected chi connectivity index (χ3v) is 7.20. The number of aryl methyl sites for hydroxylation is 1. The summed E-state index contributed by atoms with van der Waals surface area (Å²) in [5, 5.41) is 7.53. The second-order valence-corrected chi connectivity index (χ2v) is 13.0. The van der Waals surface area contributed by atoms with Crippen molar-refractivity contribution in [2.45, 2.75) is 122 Å². The van der Waals surface area contributed by atoms with Crippen LogP contribution in [0.25, 0.3) is 0 Å². The lowest BCUT2D eigenvalue weighted by Crippen LogP contribution is -2.62. The molecule has 2 aliphatic rings. The fourth-order valence-corrected chi connectivity index (χ4v) is 6.39. The number of anilines is 2. The van der Waals surface area contributed by atoms with Gasteiger partial charge in [0.05, 0.1) is 0 Å². The molecule has 7 nitrogen and oxygen atoms in total. The fraction of sp³-hybridized carbons (Fsp3) is 0.870. The Labute approximate surface area is 191 Å². The van der Waals surface area contributed by atoms with Gasteiger partial charge in [-0.3, -0.25) is 0 Å². The highest BCUT2D eigenvalue weighted by molar-refractivity contribution is 7.19. The van der Waals surface area contributed by atoms with Crippen LogP contribution in [0.3, 0.4) is 0 Å². The van der Waals surface area contributed by atoms with Crippen molar-refractivity contribution in [2.24, 2.45) is 0 Å². The Morgan fingerprint density at radius 1 is 0.710 bits per heavy atom. The van der Waals surface area contributed by atoms with Crippen LogP contribution in [0.2, 0.25) is 0 Å². The molecule has 3 rings (SSSR count). The van der Waals surface area contributed by atoms with Crippen LogP contribution >= 0.6 is 9.39 Å². The second-order valence-electron chi connectivity index (χ2n) is 12.4. The maximum atomic E-state index is 4.94. The SMILES string of the molecule is Cc1nc(N(C)C2CC(C)(C)NC(C)(C)C2)nc(N(P)C2CC(C)(C)NC(C)(C)C2)n1. The van der Waals surface area contributed by atoms with Crippen molar-refractivity contribution >= 4 is 21.3 Å². The summed E-state index contributed by atoms with van der Waals surface area (Å²) in [6, 6.07) is 0.712. The highest BCUT2D eigenvalue weighted by atomic mass is 31.0. The van der Waals surface area contributed by atoms with Gasteiger partial charge in [0.15, 0.2) is 0 Å². The minimum Gasteiger partial charge on any atom is -0.341 e. The van der Waals surface area contributed by atoms with Gasteiger partial charge in [-0.05, 0) is 97.4 Å². The summed E-state index contributed by atoms with van der Waals surface area (Å²) in [5.41, 5.74) is 0.277. The van der Waals surface area contributed by atoms with Gasteiger partial charge in [0, 0.05) is 41.3 Å². The van der Waals surface area contributed by atoms with Crippen molar-refractivity contribution in [3.05, 3.63) is 5.82 Å². The topological polar surface area (TPSA) is 69.2 Å². The van der Waals surface area contributed by atoms with Gasteiger partial charge in [-0.15, -0.1) is 0 Å². The highest BCUT2D eigenvalue weighted by Gasteiger charge is 2.41. The third-order valence-electron chi connectivity index (χ3n) is 6.55. The quantitative estimate of drug-likeness (QED) is 0.677. The van der Waals surface area contributed by atoms with E-state index in [1.807, 2.05) is 6.92 Å². The summed E-state index contributed by atoms with van der Waals surface area (Å²) in [4.78, 5) is 16.6. The van der Waals surface area contributed by atoms with Gasteiger partial charge >= 0.3 is 0 Å². The van der Waals surface area contributed by atoms with Gasteiger partial charge in [0.2, 0.25) is 11.9 Å². The van der Waals surface area contributed by atoms with Crippen LogP contribution in [0.1, 0.15) is 86.9 Å². The van der Waals surface area contributed by atoms with Crippen molar-refractivity contribution in [2.75, 3.05) is 16.6 Å². The van der Waals surface area contributed by atoms with E-state index in [4.69, 9.17) is 15.0 Å². The number of nitrogens with one attached hydrogen (secondary N) is 2. The summed E-state index contributed by atoms with van der Waals surface area (Å²) < 4.78 is 2.19. The Balaban J connectivity index is 1.86. The Hall–Kier alpha value is -1.04. The van der Waals surface area contributed by atoms with Crippen molar-refractivity contribution in [3.63, 3.8) is 0 Å². The maximum absolute atomic E-state index is 4.94. The first-order valence-electron chi connectivity index (χ1n) is 11.6. The van der Waals surface area contributed by atoms with E-state index in [2.05, 4.69) is 92.0 Å². The molecule has 176 valence electrons. The van der Waals surface area contributed by atoms with Crippen molar-refractivity contribution in [1.82, 2.24) is 25.6 Å². The predicted octanol–water partition coefficient (Wildman–Crippen LogP) is 3.83. The van der Waals surface area contributed by atoms with Crippen LogP contribution in [0.5, 0.6) is 0 Å². The molecule has 2 saturated heterocycles. The number of nitrogens with zero attached hydrogens (tertiary/aromatic N) is 5. The molecule has 1 aromatic rings. The molecule has 0 spiro atoms. The number of hydrogen-bond donors (Lipinski definition) is 2. The molecule has 8 heteroatoms. The zero-order chi connectivity index (χ0) is 23.4. The molecule has 0 saturated carbocycles. The number of hydrogen-bond acceptors (Lipinski definition) is 7. The van der Waals surface area contributed by atoms with Crippen molar-refractivity contribution < 1.29 is 0 Å². The van der Waals surface area contributed by atoms with Gasteiger partial charge in [-0.2, -0.15) is 15.0 Å². The second kappa shape index (κ2) is 8.07. The van der Waals surface area contributed by atoms with E-state index >= 15 is 0 Å². The first-order valence-corrected chi connectivity index (χ1v) is 12.1. The Bertz CT molecular complexity index is 711. The molecule has 0 amide bonds. The number of piperidine rings is 2. The van der Waals surface area contributed by atoms with E-state index in [1.54, 1.807) is 0 Å². The van der Waals surface area contributed by atoms with Gasteiger partial charge in [0.25, 0.3) is 0 Å². The van der Waals surface area contributed by atoms with E-state index < -0.39 is 0 Å². The normalized spacial score (nSPS) is 25.3. The monoisotopic (exact) mass is 449 g/mol. The van der Waals surface area contributed by atoms with Crippen LogP contribution in [0.4, 0.5) is 11.9 Å². The van der Waals surface area contributed by atoms with E-state index in [-0.39, 0.29) is 22.2 Å². The number of rotatable bonds is 4. The molecule has 31 heavy (non-hydrogen) atoms. The molecule has 0 radical (unpaired) electrons. The minimum atomic E-state index is 0.0647.